The van der Waals surface area contributed by atoms with Crippen molar-refractivity contribution in [2.24, 2.45) is 0 Å². The number of benzene rings is 1. The number of nitrogens with one attached hydrogen (secondary N) is 1. The van der Waals surface area contributed by atoms with Crippen molar-refractivity contribution in [3.63, 3.8) is 0 Å². The van der Waals surface area contributed by atoms with Gasteiger partial charge in [-0.15, -0.1) is 10.2 Å². The van der Waals surface area contributed by atoms with Gasteiger partial charge in [0.2, 0.25) is 5.91 Å². The Balaban J connectivity index is 1.31. The van der Waals surface area contributed by atoms with E-state index in [0.29, 0.717) is 26.2 Å². The van der Waals surface area contributed by atoms with Gasteiger partial charge >= 0.3 is 6.03 Å². The zero-order valence-corrected chi connectivity index (χ0v) is 20.0. The Morgan fingerprint density at radius 2 is 1.67 bits per heavy atom. The van der Waals surface area contributed by atoms with Crippen LogP contribution < -0.4 is 10.2 Å². The summed E-state index contributed by atoms with van der Waals surface area (Å²) in [4.78, 5) is 31.3. The van der Waals surface area contributed by atoms with E-state index >= 15 is 0 Å². The lowest BCUT2D eigenvalue weighted by atomic mass is 10.1. The van der Waals surface area contributed by atoms with Crippen LogP contribution in [0.25, 0.3) is 11.3 Å². The zero-order valence-electron chi connectivity index (χ0n) is 20.0. The molecule has 0 unspecified atom stereocenters. The summed E-state index contributed by atoms with van der Waals surface area (Å²) in [5.41, 5.74) is 2.78. The van der Waals surface area contributed by atoms with Crippen LogP contribution in [-0.4, -0.2) is 76.2 Å². The monoisotopic (exact) mass is 450 g/mol. The van der Waals surface area contributed by atoms with Crippen LogP contribution in [0.5, 0.6) is 0 Å². The van der Waals surface area contributed by atoms with Crippen molar-refractivity contribution in [2.45, 2.75) is 52.1 Å². The number of aryl methyl sites for hydroxylation is 1. The number of hydrogen-bond acceptors (Lipinski definition) is 5. The van der Waals surface area contributed by atoms with Gasteiger partial charge in [-0.3, -0.25) is 4.79 Å². The standard InChI is InChI=1S/C25H34N6O2/c1-18-5-7-19(8-6-18)21-11-12-22(28-27-21)29-13-15-30(16-14-29)23(32)17-31(20-9-10-20)24(33)26-25(2,3)4/h5-8,11-12,20H,9-10,13-17H2,1-4H3,(H,26,33). The molecule has 1 N–H and O–H groups in total. The normalized spacial score (nSPS) is 16.5. The molecule has 4 rings (SSSR count). The van der Waals surface area contributed by atoms with E-state index in [-0.39, 0.29) is 30.1 Å². The van der Waals surface area contributed by atoms with Crippen molar-refractivity contribution >= 4 is 17.8 Å². The SMILES string of the molecule is Cc1ccc(-c2ccc(N3CCN(C(=O)CN(C(=O)NC(C)(C)C)C4CC4)CC3)nn2)cc1. The van der Waals surface area contributed by atoms with Crippen LogP contribution in [0, 0.1) is 6.92 Å². The van der Waals surface area contributed by atoms with E-state index in [1.54, 1.807) is 4.90 Å². The summed E-state index contributed by atoms with van der Waals surface area (Å²) < 4.78 is 0. The number of aromatic nitrogens is 2. The average Bonchev–Trinajstić information content (AvgIpc) is 3.62. The first kappa shape index (κ1) is 23.0. The molecule has 33 heavy (non-hydrogen) atoms. The number of carbonyl (C=O) groups is 2. The van der Waals surface area contributed by atoms with Crippen molar-refractivity contribution in [3.05, 3.63) is 42.0 Å². The summed E-state index contributed by atoms with van der Waals surface area (Å²) in [5, 5.41) is 11.8. The first-order valence-corrected chi connectivity index (χ1v) is 11.7. The summed E-state index contributed by atoms with van der Waals surface area (Å²) in [6.45, 7) is 10.7. The Labute approximate surface area is 196 Å². The summed E-state index contributed by atoms with van der Waals surface area (Å²) in [7, 11) is 0. The van der Waals surface area contributed by atoms with Gasteiger partial charge in [-0.25, -0.2) is 4.79 Å². The molecule has 1 aliphatic carbocycles. The van der Waals surface area contributed by atoms with Crippen molar-refractivity contribution in [1.29, 1.82) is 0 Å². The van der Waals surface area contributed by atoms with Gasteiger partial charge in [0, 0.05) is 43.3 Å². The number of carbonyl (C=O) groups excluding carboxylic acids is 2. The molecule has 0 bridgehead atoms. The zero-order chi connectivity index (χ0) is 23.6. The summed E-state index contributed by atoms with van der Waals surface area (Å²) in [5.74, 6) is 0.827. The number of amides is 3. The van der Waals surface area contributed by atoms with E-state index in [4.69, 9.17) is 0 Å². The van der Waals surface area contributed by atoms with Crippen LogP contribution in [0.15, 0.2) is 36.4 Å². The molecule has 176 valence electrons. The van der Waals surface area contributed by atoms with E-state index in [0.717, 1.165) is 29.9 Å². The molecule has 0 radical (unpaired) electrons. The highest BCUT2D eigenvalue weighted by atomic mass is 16.2. The van der Waals surface area contributed by atoms with E-state index < -0.39 is 0 Å². The molecule has 0 spiro atoms. The third-order valence-electron chi connectivity index (χ3n) is 5.99. The summed E-state index contributed by atoms with van der Waals surface area (Å²) in [6, 6.07) is 12.3. The van der Waals surface area contributed by atoms with E-state index in [1.165, 1.54) is 5.56 Å². The lowest BCUT2D eigenvalue weighted by Gasteiger charge is -2.36. The molecule has 1 saturated heterocycles. The van der Waals surface area contributed by atoms with Crippen molar-refractivity contribution in [3.8, 4) is 11.3 Å². The van der Waals surface area contributed by atoms with E-state index in [2.05, 4.69) is 51.6 Å². The molecule has 8 nitrogen and oxygen atoms in total. The Hall–Kier alpha value is -3.16. The topological polar surface area (TPSA) is 81.7 Å². The molecular weight excluding hydrogens is 416 g/mol. The quantitative estimate of drug-likeness (QED) is 0.757. The van der Waals surface area contributed by atoms with Crippen LogP contribution in [0.4, 0.5) is 10.6 Å². The minimum atomic E-state index is -0.324. The lowest BCUT2D eigenvalue weighted by molar-refractivity contribution is -0.132. The third-order valence-corrected chi connectivity index (χ3v) is 5.99. The fourth-order valence-corrected chi connectivity index (χ4v) is 3.95. The van der Waals surface area contributed by atoms with Crippen LogP contribution in [0.3, 0.4) is 0 Å². The molecule has 0 atom stereocenters. The molecule has 3 amide bonds. The van der Waals surface area contributed by atoms with Crippen molar-refractivity contribution < 1.29 is 9.59 Å². The largest absolute Gasteiger partial charge is 0.352 e. The summed E-state index contributed by atoms with van der Waals surface area (Å²) >= 11 is 0. The average molecular weight is 451 g/mol. The van der Waals surface area contributed by atoms with Crippen LogP contribution in [0.2, 0.25) is 0 Å². The van der Waals surface area contributed by atoms with Gasteiger partial charge in [0.05, 0.1) is 5.69 Å². The van der Waals surface area contributed by atoms with Gasteiger partial charge < -0.3 is 20.0 Å². The predicted molar refractivity (Wildman–Crippen MR) is 129 cm³/mol. The molecular formula is C25H34N6O2. The minimum absolute atomic E-state index is 0.00594. The van der Waals surface area contributed by atoms with Gasteiger partial charge in [-0.1, -0.05) is 29.8 Å². The van der Waals surface area contributed by atoms with Gasteiger partial charge in [0.15, 0.2) is 5.82 Å². The second kappa shape index (κ2) is 9.37. The number of anilines is 1. The Morgan fingerprint density at radius 3 is 2.21 bits per heavy atom. The first-order valence-electron chi connectivity index (χ1n) is 11.7. The highest BCUT2D eigenvalue weighted by Crippen LogP contribution is 2.27. The number of piperazine rings is 1. The van der Waals surface area contributed by atoms with E-state index in [1.807, 2.05) is 37.8 Å². The smallest absolute Gasteiger partial charge is 0.318 e. The first-order chi connectivity index (χ1) is 15.7. The highest BCUT2D eigenvalue weighted by molar-refractivity contribution is 5.85. The fraction of sp³-hybridized carbons (Fsp3) is 0.520. The molecule has 2 aromatic rings. The van der Waals surface area contributed by atoms with Gasteiger partial charge in [0.25, 0.3) is 0 Å². The molecule has 8 heteroatoms. The lowest BCUT2D eigenvalue weighted by Crippen LogP contribution is -2.55. The fourth-order valence-electron chi connectivity index (χ4n) is 3.95. The molecule has 1 saturated carbocycles. The van der Waals surface area contributed by atoms with Crippen LogP contribution in [-0.2, 0) is 4.79 Å². The molecule has 2 heterocycles. The predicted octanol–water partition coefficient (Wildman–Crippen LogP) is 3.07. The minimum Gasteiger partial charge on any atom is -0.352 e. The highest BCUT2D eigenvalue weighted by Gasteiger charge is 2.36. The molecule has 1 aromatic heterocycles. The van der Waals surface area contributed by atoms with Gasteiger partial charge in [-0.2, -0.15) is 0 Å². The Kier molecular flexibility index (Phi) is 6.54. The molecule has 1 aromatic carbocycles. The maximum Gasteiger partial charge on any atom is 0.318 e. The summed E-state index contributed by atoms with van der Waals surface area (Å²) in [6.07, 6.45) is 1.94. The molecule has 2 aliphatic rings. The van der Waals surface area contributed by atoms with Gasteiger partial charge in [-0.05, 0) is 52.7 Å². The Bertz CT molecular complexity index is 971. The molecule has 2 fully saturated rings. The van der Waals surface area contributed by atoms with Crippen molar-refractivity contribution in [1.82, 2.24) is 25.3 Å². The second-order valence-corrected chi connectivity index (χ2v) is 10.0. The Morgan fingerprint density at radius 1 is 1.00 bits per heavy atom. The number of rotatable bonds is 5. The van der Waals surface area contributed by atoms with Gasteiger partial charge in [0.1, 0.15) is 6.54 Å². The second-order valence-electron chi connectivity index (χ2n) is 10.0. The number of urea groups is 1. The van der Waals surface area contributed by atoms with E-state index in [9.17, 15) is 9.59 Å². The number of nitrogens with zero attached hydrogens (tertiary/aromatic N) is 5. The van der Waals surface area contributed by atoms with Crippen LogP contribution >= 0.6 is 0 Å². The third kappa shape index (κ3) is 6.00. The molecule has 1 aliphatic heterocycles. The number of hydrogen-bond donors (Lipinski definition) is 1. The van der Waals surface area contributed by atoms with Crippen LogP contribution in [0.1, 0.15) is 39.2 Å². The maximum absolute atomic E-state index is 12.9. The van der Waals surface area contributed by atoms with Crippen molar-refractivity contribution in [2.75, 3.05) is 37.6 Å². The maximum atomic E-state index is 12.9.